The lowest BCUT2D eigenvalue weighted by atomic mass is 9.89. The predicted octanol–water partition coefficient (Wildman–Crippen LogP) is 5.60. The van der Waals surface area contributed by atoms with Gasteiger partial charge in [-0.05, 0) is 57.3 Å². The lowest BCUT2D eigenvalue weighted by Gasteiger charge is -2.38. The SMILES string of the molecule is Cc1ccc2c(c1)[C@@H](NC(=S)Nc1cccc(C(F)(F)F)c1)CC(C)(C)O2. The summed E-state index contributed by atoms with van der Waals surface area (Å²) in [4.78, 5) is 0. The van der Waals surface area contributed by atoms with Gasteiger partial charge in [0, 0.05) is 17.7 Å². The van der Waals surface area contributed by atoms with E-state index >= 15 is 0 Å². The molecule has 3 nitrogen and oxygen atoms in total. The van der Waals surface area contributed by atoms with E-state index in [1.165, 1.54) is 6.07 Å². The van der Waals surface area contributed by atoms with Crippen LogP contribution in [0.25, 0.3) is 0 Å². The minimum Gasteiger partial charge on any atom is -0.487 e. The van der Waals surface area contributed by atoms with Gasteiger partial charge in [0.2, 0.25) is 0 Å². The lowest BCUT2D eigenvalue weighted by Crippen LogP contribution is -2.42. The number of thiocarbonyl (C=S) groups is 1. The summed E-state index contributed by atoms with van der Waals surface area (Å²) in [6, 6.07) is 10.8. The van der Waals surface area contributed by atoms with Crippen molar-refractivity contribution in [3.63, 3.8) is 0 Å². The number of alkyl halides is 3. The van der Waals surface area contributed by atoms with Crippen LogP contribution in [0.4, 0.5) is 18.9 Å². The Bertz CT molecular complexity index is 865. The zero-order valence-electron chi connectivity index (χ0n) is 15.3. The number of rotatable bonds is 2. The standard InChI is InChI=1S/C20H21F3N2OS/c1-12-7-8-17-15(9-12)16(11-19(2,3)26-17)25-18(27)24-14-6-4-5-13(10-14)20(21,22)23/h4-10,16H,11H2,1-3H3,(H2,24,25,27)/t16-/m0/s1. The van der Waals surface area contributed by atoms with Gasteiger partial charge in [-0.25, -0.2) is 0 Å². The number of aryl methyl sites for hydroxylation is 1. The van der Waals surface area contributed by atoms with Gasteiger partial charge in [0.25, 0.3) is 0 Å². The first-order chi connectivity index (χ1) is 12.5. The molecule has 1 aliphatic rings. The van der Waals surface area contributed by atoms with E-state index < -0.39 is 11.7 Å². The van der Waals surface area contributed by atoms with Crippen molar-refractivity contribution in [3.05, 3.63) is 59.2 Å². The van der Waals surface area contributed by atoms with Gasteiger partial charge in [-0.2, -0.15) is 13.2 Å². The molecule has 0 aromatic heterocycles. The first-order valence-electron chi connectivity index (χ1n) is 8.58. The molecule has 0 fully saturated rings. The van der Waals surface area contributed by atoms with Crippen LogP contribution in [0.2, 0.25) is 0 Å². The zero-order valence-corrected chi connectivity index (χ0v) is 16.1. The number of benzene rings is 2. The van der Waals surface area contributed by atoms with E-state index in [1.807, 2.05) is 39.0 Å². The molecule has 2 aromatic rings. The summed E-state index contributed by atoms with van der Waals surface area (Å²) < 4.78 is 44.7. The molecule has 0 saturated carbocycles. The fourth-order valence-electron chi connectivity index (χ4n) is 3.20. The van der Waals surface area contributed by atoms with Crippen LogP contribution < -0.4 is 15.4 Å². The van der Waals surface area contributed by atoms with E-state index in [1.54, 1.807) is 6.07 Å². The Morgan fingerprint density at radius 1 is 1.19 bits per heavy atom. The minimum atomic E-state index is -4.39. The summed E-state index contributed by atoms with van der Waals surface area (Å²) in [5.41, 5.74) is 1.27. The monoisotopic (exact) mass is 394 g/mol. The summed E-state index contributed by atoms with van der Waals surface area (Å²) in [5, 5.41) is 6.35. The summed E-state index contributed by atoms with van der Waals surface area (Å²) in [6.45, 7) is 5.98. The van der Waals surface area contributed by atoms with Crippen LogP contribution in [0.1, 0.15) is 43.0 Å². The third-order valence-corrected chi connectivity index (χ3v) is 4.60. The van der Waals surface area contributed by atoms with Crippen molar-refractivity contribution in [1.82, 2.24) is 5.32 Å². The molecule has 1 heterocycles. The number of nitrogens with one attached hydrogen (secondary N) is 2. The predicted molar refractivity (Wildman–Crippen MR) is 104 cm³/mol. The molecule has 2 N–H and O–H groups in total. The Balaban J connectivity index is 1.77. The highest BCUT2D eigenvalue weighted by atomic mass is 32.1. The zero-order chi connectivity index (χ0) is 19.8. The van der Waals surface area contributed by atoms with Crippen LogP contribution in [0.3, 0.4) is 0 Å². The Kier molecular flexibility index (Phi) is 5.08. The molecule has 1 aliphatic heterocycles. The van der Waals surface area contributed by atoms with Crippen LogP contribution >= 0.6 is 12.2 Å². The van der Waals surface area contributed by atoms with Crippen molar-refractivity contribution < 1.29 is 17.9 Å². The number of hydrogen-bond acceptors (Lipinski definition) is 2. The number of ether oxygens (including phenoxy) is 1. The van der Waals surface area contributed by atoms with E-state index in [-0.39, 0.29) is 22.4 Å². The maximum Gasteiger partial charge on any atom is 0.416 e. The van der Waals surface area contributed by atoms with Crippen molar-refractivity contribution in [1.29, 1.82) is 0 Å². The molecular formula is C20H21F3N2OS. The van der Waals surface area contributed by atoms with Crippen molar-refractivity contribution in [2.24, 2.45) is 0 Å². The summed E-state index contributed by atoms with van der Waals surface area (Å²) in [5.74, 6) is 0.788. The second-order valence-corrected chi connectivity index (χ2v) is 7.75. The van der Waals surface area contributed by atoms with Gasteiger partial charge in [-0.15, -0.1) is 0 Å². The van der Waals surface area contributed by atoms with Gasteiger partial charge in [0.1, 0.15) is 11.4 Å². The molecule has 144 valence electrons. The molecule has 0 unspecified atom stereocenters. The van der Waals surface area contributed by atoms with Gasteiger partial charge in [-0.3, -0.25) is 0 Å². The number of hydrogen-bond donors (Lipinski definition) is 2. The highest BCUT2D eigenvalue weighted by Crippen LogP contribution is 2.40. The van der Waals surface area contributed by atoms with Gasteiger partial charge < -0.3 is 15.4 Å². The van der Waals surface area contributed by atoms with Crippen molar-refractivity contribution in [2.45, 2.75) is 45.0 Å². The summed E-state index contributed by atoms with van der Waals surface area (Å²) in [7, 11) is 0. The number of halogens is 3. The first kappa shape index (κ1) is 19.5. The summed E-state index contributed by atoms with van der Waals surface area (Å²) >= 11 is 5.35. The van der Waals surface area contributed by atoms with Gasteiger partial charge in [0.15, 0.2) is 5.11 Å². The Labute approximate surface area is 161 Å². The highest BCUT2D eigenvalue weighted by Gasteiger charge is 2.34. The minimum absolute atomic E-state index is 0.102. The fourth-order valence-corrected chi connectivity index (χ4v) is 3.46. The molecule has 2 aromatic carbocycles. The Hall–Kier alpha value is -2.28. The van der Waals surface area contributed by atoms with Crippen molar-refractivity contribution in [3.8, 4) is 5.75 Å². The molecule has 27 heavy (non-hydrogen) atoms. The smallest absolute Gasteiger partial charge is 0.416 e. The topological polar surface area (TPSA) is 33.3 Å². The van der Waals surface area contributed by atoms with Gasteiger partial charge >= 0.3 is 6.18 Å². The number of fused-ring (bicyclic) bond motifs is 1. The maximum absolute atomic E-state index is 12.9. The molecule has 7 heteroatoms. The quantitative estimate of drug-likeness (QED) is 0.650. The second-order valence-electron chi connectivity index (χ2n) is 7.34. The Morgan fingerprint density at radius 3 is 2.63 bits per heavy atom. The first-order valence-corrected chi connectivity index (χ1v) is 8.99. The molecule has 0 spiro atoms. The largest absolute Gasteiger partial charge is 0.487 e. The molecular weight excluding hydrogens is 373 g/mol. The summed E-state index contributed by atoms with van der Waals surface area (Å²) in [6.07, 6.45) is -3.72. The molecule has 1 atom stereocenters. The second kappa shape index (κ2) is 7.03. The molecule has 0 saturated heterocycles. The van der Waals surface area contributed by atoms with Crippen LogP contribution in [-0.4, -0.2) is 10.7 Å². The normalized spacial score (nSPS) is 18.2. The average molecular weight is 394 g/mol. The van der Waals surface area contributed by atoms with E-state index in [2.05, 4.69) is 10.6 Å². The van der Waals surface area contributed by atoms with E-state index in [9.17, 15) is 13.2 Å². The molecule has 0 amide bonds. The van der Waals surface area contributed by atoms with E-state index in [4.69, 9.17) is 17.0 Å². The van der Waals surface area contributed by atoms with Gasteiger partial charge in [-0.1, -0.05) is 23.8 Å². The maximum atomic E-state index is 12.9. The van der Waals surface area contributed by atoms with Crippen molar-refractivity contribution in [2.75, 3.05) is 5.32 Å². The van der Waals surface area contributed by atoms with E-state index in [0.717, 1.165) is 29.0 Å². The van der Waals surface area contributed by atoms with Crippen molar-refractivity contribution >= 4 is 23.0 Å². The average Bonchev–Trinajstić information content (AvgIpc) is 2.54. The Morgan fingerprint density at radius 2 is 1.93 bits per heavy atom. The molecule has 0 bridgehead atoms. The molecule has 0 radical (unpaired) electrons. The fraction of sp³-hybridized carbons (Fsp3) is 0.350. The van der Waals surface area contributed by atoms with E-state index in [0.29, 0.717) is 6.42 Å². The lowest BCUT2D eigenvalue weighted by molar-refractivity contribution is -0.137. The van der Waals surface area contributed by atoms with Crippen LogP contribution in [0, 0.1) is 6.92 Å². The number of anilines is 1. The van der Waals surface area contributed by atoms with Crippen LogP contribution in [-0.2, 0) is 6.18 Å². The van der Waals surface area contributed by atoms with Crippen LogP contribution in [0.15, 0.2) is 42.5 Å². The third-order valence-electron chi connectivity index (χ3n) is 4.38. The molecule has 3 rings (SSSR count). The highest BCUT2D eigenvalue weighted by molar-refractivity contribution is 7.80. The molecule has 0 aliphatic carbocycles. The van der Waals surface area contributed by atoms with Crippen LogP contribution in [0.5, 0.6) is 5.75 Å². The third kappa shape index (κ3) is 4.71. The van der Waals surface area contributed by atoms with Gasteiger partial charge in [0.05, 0.1) is 11.6 Å².